The number of benzene rings is 1. The maximum absolute atomic E-state index is 10.4. The molecule has 0 spiro atoms. The van der Waals surface area contributed by atoms with E-state index < -0.39 is 4.92 Å². The maximum atomic E-state index is 10.4. The van der Waals surface area contributed by atoms with Gasteiger partial charge in [0.1, 0.15) is 5.75 Å². The molecule has 0 aromatic heterocycles. The van der Waals surface area contributed by atoms with Crippen LogP contribution in [-0.2, 0) is 0 Å². The van der Waals surface area contributed by atoms with Gasteiger partial charge in [0.15, 0.2) is 0 Å². The first-order chi connectivity index (χ1) is 6.06. The summed E-state index contributed by atoms with van der Waals surface area (Å²) >= 11 is 6.40. The smallest absolute Gasteiger partial charge is 0.274 e. The van der Waals surface area contributed by atoms with Crippen molar-refractivity contribution in [1.82, 2.24) is 0 Å². The first kappa shape index (κ1) is 10.5. The van der Waals surface area contributed by atoms with E-state index in [4.69, 9.17) is 4.74 Å². The van der Waals surface area contributed by atoms with Crippen molar-refractivity contribution in [1.29, 1.82) is 0 Å². The van der Waals surface area contributed by atoms with Crippen LogP contribution < -0.4 is 4.74 Å². The molecule has 0 unspecified atom stereocenters. The van der Waals surface area contributed by atoms with E-state index in [1.54, 1.807) is 0 Å². The molecule has 0 bridgehead atoms. The van der Waals surface area contributed by atoms with Crippen LogP contribution in [0.25, 0.3) is 0 Å². The topological polar surface area (TPSA) is 52.4 Å². The predicted molar refractivity (Wildman–Crippen MR) is 55.0 cm³/mol. The van der Waals surface area contributed by atoms with Gasteiger partial charge in [-0.1, -0.05) is 0 Å². The van der Waals surface area contributed by atoms with E-state index in [0.29, 0.717) is 14.7 Å². The standard InChI is InChI=1S/C7H5Br2NO3/c1-13-6-3-4(10(11)12)2-5(8)7(6)9/h2-3H,1H3. The van der Waals surface area contributed by atoms with Gasteiger partial charge in [-0.2, -0.15) is 0 Å². The third-order valence-corrected chi connectivity index (χ3v) is 3.39. The monoisotopic (exact) mass is 309 g/mol. The van der Waals surface area contributed by atoms with Crippen molar-refractivity contribution in [3.63, 3.8) is 0 Å². The number of rotatable bonds is 2. The summed E-state index contributed by atoms with van der Waals surface area (Å²) < 4.78 is 6.20. The van der Waals surface area contributed by atoms with E-state index in [1.165, 1.54) is 19.2 Å². The molecule has 1 aromatic rings. The fourth-order valence-corrected chi connectivity index (χ4v) is 1.62. The Hall–Kier alpha value is -0.620. The number of halogens is 2. The van der Waals surface area contributed by atoms with Crippen LogP contribution in [0, 0.1) is 10.1 Å². The number of non-ortho nitro benzene ring substituents is 1. The van der Waals surface area contributed by atoms with Crippen LogP contribution in [0.4, 0.5) is 5.69 Å². The minimum atomic E-state index is -0.473. The fourth-order valence-electron chi connectivity index (χ4n) is 0.804. The SMILES string of the molecule is COc1cc([N+](=O)[O-])cc(Br)c1Br. The molecule has 0 N–H and O–H groups in total. The third-order valence-electron chi connectivity index (χ3n) is 1.41. The average molecular weight is 311 g/mol. The lowest BCUT2D eigenvalue weighted by Crippen LogP contribution is -1.91. The molecular formula is C7H5Br2NO3. The Bertz CT molecular complexity index is 354. The van der Waals surface area contributed by atoms with E-state index in [0.717, 1.165) is 0 Å². The quantitative estimate of drug-likeness (QED) is 0.623. The molecule has 70 valence electrons. The van der Waals surface area contributed by atoms with Crippen molar-refractivity contribution in [3.05, 3.63) is 31.2 Å². The van der Waals surface area contributed by atoms with Crippen LogP contribution >= 0.6 is 31.9 Å². The molecule has 0 aliphatic carbocycles. The second kappa shape index (κ2) is 4.06. The molecule has 4 nitrogen and oxygen atoms in total. The maximum Gasteiger partial charge on any atom is 0.274 e. The van der Waals surface area contributed by atoms with E-state index in [9.17, 15) is 10.1 Å². The predicted octanol–water partition coefficient (Wildman–Crippen LogP) is 3.13. The van der Waals surface area contributed by atoms with Crippen molar-refractivity contribution >= 4 is 37.5 Å². The molecule has 1 aromatic carbocycles. The Labute approximate surface area is 91.3 Å². The van der Waals surface area contributed by atoms with Crippen molar-refractivity contribution in [2.45, 2.75) is 0 Å². The summed E-state index contributed by atoms with van der Waals surface area (Å²) in [6.07, 6.45) is 0. The lowest BCUT2D eigenvalue weighted by atomic mass is 10.3. The zero-order valence-corrected chi connectivity index (χ0v) is 9.75. The summed E-state index contributed by atoms with van der Waals surface area (Å²) in [5.74, 6) is 0.432. The number of ether oxygens (including phenoxy) is 1. The van der Waals surface area contributed by atoms with Gasteiger partial charge in [-0.25, -0.2) is 0 Å². The number of nitro groups is 1. The van der Waals surface area contributed by atoms with Crippen molar-refractivity contribution in [2.24, 2.45) is 0 Å². The highest BCUT2D eigenvalue weighted by atomic mass is 79.9. The zero-order valence-electron chi connectivity index (χ0n) is 6.58. The fraction of sp³-hybridized carbons (Fsp3) is 0.143. The molecule has 13 heavy (non-hydrogen) atoms. The Kier molecular flexibility index (Phi) is 3.27. The van der Waals surface area contributed by atoms with Gasteiger partial charge in [0.25, 0.3) is 5.69 Å². The third kappa shape index (κ3) is 2.19. The summed E-state index contributed by atoms with van der Waals surface area (Å²) in [6.45, 7) is 0. The molecular weight excluding hydrogens is 306 g/mol. The summed E-state index contributed by atoms with van der Waals surface area (Å²) in [5, 5.41) is 10.4. The lowest BCUT2D eigenvalue weighted by Gasteiger charge is -2.04. The molecule has 1 rings (SSSR count). The summed E-state index contributed by atoms with van der Waals surface area (Å²) in [7, 11) is 1.45. The van der Waals surface area contributed by atoms with E-state index >= 15 is 0 Å². The molecule has 6 heteroatoms. The van der Waals surface area contributed by atoms with Gasteiger partial charge in [-0.3, -0.25) is 10.1 Å². The number of hydrogen-bond donors (Lipinski definition) is 0. The molecule has 0 amide bonds. The second-order valence-corrected chi connectivity index (χ2v) is 3.85. The van der Waals surface area contributed by atoms with Gasteiger partial charge in [-0.05, 0) is 31.9 Å². The molecule has 0 heterocycles. The highest BCUT2D eigenvalue weighted by Crippen LogP contribution is 2.36. The Balaban J connectivity index is 3.30. The first-order valence-corrected chi connectivity index (χ1v) is 4.82. The number of methoxy groups -OCH3 is 1. The Morgan fingerprint density at radius 2 is 2.08 bits per heavy atom. The van der Waals surface area contributed by atoms with Gasteiger partial charge >= 0.3 is 0 Å². The average Bonchev–Trinajstić information content (AvgIpc) is 2.09. The number of nitrogens with zero attached hydrogens (tertiary/aromatic N) is 1. The minimum absolute atomic E-state index is 0.00748. The number of nitro benzene ring substituents is 1. The Morgan fingerprint density at radius 3 is 2.54 bits per heavy atom. The van der Waals surface area contributed by atoms with Crippen LogP contribution in [0.3, 0.4) is 0 Å². The van der Waals surface area contributed by atoms with Gasteiger partial charge in [0.05, 0.1) is 22.6 Å². The lowest BCUT2D eigenvalue weighted by molar-refractivity contribution is -0.385. The van der Waals surface area contributed by atoms with Crippen LogP contribution in [0.2, 0.25) is 0 Å². The molecule has 0 saturated heterocycles. The summed E-state index contributed by atoms with van der Waals surface area (Å²) in [5.41, 5.74) is -0.00748. The first-order valence-electron chi connectivity index (χ1n) is 3.23. The largest absolute Gasteiger partial charge is 0.495 e. The van der Waals surface area contributed by atoms with Crippen molar-refractivity contribution in [2.75, 3.05) is 7.11 Å². The van der Waals surface area contributed by atoms with Gasteiger partial charge in [0.2, 0.25) is 0 Å². The number of hydrogen-bond acceptors (Lipinski definition) is 3. The normalized spacial score (nSPS) is 9.77. The van der Waals surface area contributed by atoms with Crippen LogP contribution in [0.5, 0.6) is 5.75 Å². The van der Waals surface area contributed by atoms with Crippen molar-refractivity contribution in [3.8, 4) is 5.75 Å². The molecule has 0 aliphatic heterocycles. The highest BCUT2D eigenvalue weighted by Gasteiger charge is 2.13. The molecule has 0 radical (unpaired) electrons. The van der Waals surface area contributed by atoms with Crippen LogP contribution in [0.1, 0.15) is 0 Å². The van der Waals surface area contributed by atoms with Gasteiger partial charge in [-0.15, -0.1) is 0 Å². The van der Waals surface area contributed by atoms with E-state index in [-0.39, 0.29) is 5.69 Å². The highest BCUT2D eigenvalue weighted by molar-refractivity contribution is 9.13. The summed E-state index contributed by atoms with van der Waals surface area (Å²) in [6, 6.07) is 2.77. The van der Waals surface area contributed by atoms with Crippen LogP contribution in [-0.4, -0.2) is 12.0 Å². The minimum Gasteiger partial charge on any atom is -0.495 e. The van der Waals surface area contributed by atoms with Gasteiger partial charge < -0.3 is 4.74 Å². The zero-order chi connectivity index (χ0) is 10.0. The van der Waals surface area contributed by atoms with E-state index in [1.807, 2.05) is 0 Å². The molecule has 0 fully saturated rings. The molecule has 0 atom stereocenters. The van der Waals surface area contributed by atoms with E-state index in [2.05, 4.69) is 31.9 Å². The van der Waals surface area contributed by atoms with Gasteiger partial charge in [0, 0.05) is 10.5 Å². The summed E-state index contributed by atoms with van der Waals surface area (Å²) in [4.78, 5) is 9.97. The van der Waals surface area contributed by atoms with Crippen LogP contribution in [0.15, 0.2) is 21.1 Å². The molecule has 0 saturated carbocycles. The van der Waals surface area contributed by atoms with Crippen molar-refractivity contribution < 1.29 is 9.66 Å². The molecule has 0 aliphatic rings. The Morgan fingerprint density at radius 1 is 1.46 bits per heavy atom. The second-order valence-electron chi connectivity index (χ2n) is 2.20.